The van der Waals surface area contributed by atoms with E-state index in [0.717, 1.165) is 6.54 Å². The Balaban J connectivity index is 2.31. The summed E-state index contributed by atoms with van der Waals surface area (Å²) in [5.41, 5.74) is 8.38. The van der Waals surface area contributed by atoms with Crippen LogP contribution >= 0.6 is 0 Å². The van der Waals surface area contributed by atoms with Crippen LogP contribution in [0.4, 0.5) is 0 Å². The van der Waals surface area contributed by atoms with E-state index in [4.69, 9.17) is 5.73 Å². The summed E-state index contributed by atoms with van der Waals surface area (Å²) in [6.45, 7) is 5.18. The Labute approximate surface area is 87.3 Å². The largest absolute Gasteiger partial charge is 0.330 e. The molecule has 0 fully saturated rings. The fourth-order valence-electron chi connectivity index (χ4n) is 1.64. The maximum Gasteiger partial charge on any atom is -0.00515 e. The highest BCUT2D eigenvalue weighted by molar-refractivity contribution is 5.22. The number of hydrogen-bond acceptors (Lipinski definition) is 1. The zero-order valence-electron chi connectivity index (χ0n) is 9.29. The van der Waals surface area contributed by atoms with Crippen LogP contribution < -0.4 is 5.73 Å². The average molecular weight is 191 g/mol. The molecule has 0 amide bonds. The zero-order valence-corrected chi connectivity index (χ0v) is 9.29. The Morgan fingerprint density at radius 2 is 2.14 bits per heavy atom. The predicted octanol–water partition coefficient (Wildman–Crippen LogP) is 2.91. The van der Waals surface area contributed by atoms with Gasteiger partial charge < -0.3 is 5.73 Å². The molecular formula is C13H21N. The van der Waals surface area contributed by atoms with Crippen LogP contribution in [-0.4, -0.2) is 6.54 Å². The van der Waals surface area contributed by atoms with Gasteiger partial charge in [0, 0.05) is 0 Å². The van der Waals surface area contributed by atoms with Gasteiger partial charge in [0.15, 0.2) is 0 Å². The maximum atomic E-state index is 5.58. The van der Waals surface area contributed by atoms with Crippen LogP contribution in [0.5, 0.6) is 0 Å². The van der Waals surface area contributed by atoms with E-state index in [9.17, 15) is 0 Å². The van der Waals surface area contributed by atoms with Crippen molar-refractivity contribution < 1.29 is 0 Å². The van der Waals surface area contributed by atoms with E-state index < -0.39 is 0 Å². The van der Waals surface area contributed by atoms with Gasteiger partial charge in [-0.15, -0.1) is 0 Å². The van der Waals surface area contributed by atoms with Gasteiger partial charge in [-0.2, -0.15) is 0 Å². The van der Waals surface area contributed by atoms with Crippen molar-refractivity contribution in [2.75, 3.05) is 6.54 Å². The van der Waals surface area contributed by atoms with Crippen molar-refractivity contribution in [3.05, 3.63) is 35.4 Å². The summed E-state index contributed by atoms with van der Waals surface area (Å²) < 4.78 is 0. The van der Waals surface area contributed by atoms with Crippen LogP contribution in [0, 0.1) is 12.8 Å². The summed E-state index contributed by atoms with van der Waals surface area (Å²) in [6, 6.07) is 8.76. The molecule has 78 valence electrons. The van der Waals surface area contributed by atoms with Crippen LogP contribution in [0.3, 0.4) is 0 Å². The van der Waals surface area contributed by atoms with Gasteiger partial charge in [-0.1, -0.05) is 36.8 Å². The fraction of sp³-hybridized carbons (Fsp3) is 0.538. The van der Waals surface area contributed by atoms with Gasteiger partial charge in [0.2, 0.25) is 0 Å². The van der Waals surface area contributed by atoms with Gasteiger partial charge in [-0.25, -0.2) is 0 Å². The van der Waals surface area contributed by atoms with E-state index in [1.54, 1.807) is 0 Å². The van der Waals surface area contributed by atoms with Crippen LogP contribution in [0.1, 0.15) is 30.9 Å². The second kappa shape index (κ2) is 5.82. The molecule has 0 radical (unpaired) electrons. The average Bonchev–Trinajstić information content (AvgIpc) is 2.17. The van der Waals surface area contributed by atoms with Gasteiger partial charge in [0.05, 0.1) is 0 Å². The third kappa shape index (κ3) is 3.93. The standard InChI is InChI=1S/C13H21N/c1-11-5-3-7-13(9-11)8-4-6-12(2)10-14/h3,5,7,9,12H,4,6,8,10,14H2,1-2H3/t12-/m0/s1. The lowest BCUT2D eigenvalue weighted by Gasteiger charge is -2.07. The first-order valence-corrected chi connectivity index (χ1v) is 5.48. The highest BCUT2D eigenvalue weighted by atomic mass is 14.5. The summed E-state index contributed by atoms with van der Waals surface area (Å²) >= 11 is 0. The predicted molar refractivity (Wildman–Crippen MR) is 62.3 cm³/mol. The maximum absolute atomic E-state index is 5.58. The summed E-state index contributed by atoms with van der Waals surface area (Å²) in [5.74, 6) is 0.666. The van der Waals surface area contributed by atoms with Crippen LogP contribution in [-0.2, 0) is 6.42 Å². The molecule has 0 saturated heterocycles. The quantitative estimate of drug-likeness (QED) is 0.761. The number of nitrogens with two attached hydrogens (primary N) is 1. The second-order valence-electron chi connectivity index (χ2n) is 4.22. The molecule has 0 aliphatic heterocycles. The SMILES string of the molecule is Cc1cccc(CCC[C@H](C)CN)c1. The number of aryl methyl sites for hydroxylation is 2. The third-order valence-corrected chi connectivity index (χ3v) is 2.65. The van der Waals surface area contributed by atoms with Gasteiger partial charge in [-0.3, -0.25) is 0 Å². The van der Waals surface area contributed by atoms with Crippen LogP contribution in [0.2, 0.25) is 0 Å². The zero-order chi connectivity index (χ0) is 10.4. The molecule has 0 aliphatic rings. The van der Waals surface area contributed by atoms with Crippen molar-refractivity contribution >= 4 is 0 Å². The van der Waals surface area contributed by atoms with E-state index in [-0.39, 0.29) is 0 Å². The minimum absolute atomic E-state index is 0.666. The molecule has 0 unspecified atom stereocenters. The molecule has 1 aromatic carbocycles. The Morgan fingerprint density at radius 1 is 1.36 bits per heavy atom. The van der Waals surface area contributed by atoms with Crippen molar-refractivity contribution in [2.45, 2.75) is 33.1 Å². The van der Waals surface area contributed by atoms with E-state index >= 15 is 0 Å². The molecule has 2 N–H and O–H groups in total. The number of hydrogen-bond donors (Lipinski definition) is 1. The monoisotopic (exact) mass is 191 g/mol. The highest BCUT2D eigenvalue weighted by Gasteiger charge is 1.99. The molecule has 0 spiro atoms. The molecule has 0 heterocycles. The summed E-state index contributed by atoms with van der Waals surface area (Å²) in [7, 11) is 0. The van der Waals surface area contributed by atoms with E-state index in [0.29, 0.717) is 5.92 Å². The first-order valence-electron chi connectivity index (χ1n) is 5.48. The van der Waals surface area contributed by atoms with Gasteiger partial charge in [0.1, 0.15) is 0 Å². The normalized spacial score (nSPS) is 12.8. The van der Waals surface area contributed by atoms with Crippen molar-refractivity contribution in [2.24, 2.45) is 11.7 Å². The Kier molecular flexibility index (Phi) is 4.68. The van der Waals surface area contributed by atoms with E-state index in [1.807, 2.05) is 0 Å². The molecule has 1 atom stereocenters. The first-order chi connectivity index (χ1) is 6.72. The third-order valence-electron chi connectivity index (χ3n) is 2.65. The Hall–Kier alpha value is -0.820. The summed E-state index contributed by atoms with van der Waals surface area (Å²) in [4.78, 5) is 0. The molecule has 1 heteroatoms. The van der Waals surface area contributed by atoms with Gasteiger partial charge in [-0.05, 0) is 44.2 Å². The number of rotatable bonds is 5. The lowest BCUT2D eigenvalue weighted by atomic mass is 10.0. The first kappa shape index (κ1) is 11.3. The lowest BCUT2D eigenvalue weighted by molar-refractivity contribution is 0.520. The molecule has 14 heavy (non-hydrogen) atoms. The van der Waals surface area contributed by atoms with Crippen molar-refractivity contribution in [3.8, 4) is 0 Å². The van der Waals surface area contributed by atoms with Gasteiger partial charge in [0.25, 0.3) is 0 Å². The molecule has 1 nitrogen and oxygen atoms in total. The summed E-state index contributed by atoms with van der Waals surface area (Å²) in [6.07, 6.45) is 3.68. The Bertz CT molecular complexity index is 268. The topological polar surface area (TPSA) is 26.0 Å². The van der Waals surface area contributed by atoms with Crippen molar-refractivity contribution in [1.29, 1.82) is 0 Å². The number of benzene rings is 1. The van der Waals surface area contributed by atoms with Crippen molar-refractivity contribution in [3.63, 3.8) is 0 Å². The molecule has 0 bridgehead atoms. The molecule has 1 aromatic rings. The van der Waals surface area contributed by atoms with Crippen LogP contribution in [0.25, 0.3) is 0 Å². The minimum atomic E-state index is 0.666. The van der Waals surface area contributed by atoms with E-state index in [1.165, 1.54) is 30.4 Å². The van der Waals surface area contributed by atoms with Crippen LogP contribution in [0.15, 0.2) is 24.3 Å². The van der Waals surface area contributed by atoms with Gasteiger partial charge >= 0.3 is 0 Å². The minimum Gasteiger partial charge on any atom is -0.330 e. The Morgan fingerprint density at radius 3 is 2.79 bits per heavy atom. The molecule has 0 aromatic heterocycles. The second-order valence-corrected chi connectivity index (χ2v) is 4.22. The molecular weight excluding hydrogens is 170 g/mol. The highest BCUT2D eigenvalue weighted by Crippen LogP contribution is 2.10. The smallest absolute Gasteiger partial charge is 0.00515 e. The molecule has 0 saturated carbocycles. The summed E-state index contributed by atoms with van der Waals surface area (Å²) in [5, 5.41) is 0. The molecule has 0 aliphatic carbocycles. The molecule has 1 rings (SSSR count). The lowest BCUT2D eigenvalue weighted by Crippen LogP contribution is -2.10. The van der Waals surface area contributed by atoms with Crippen molar-refractivity contribution in [1.82, 2.24) is 0 Å². The van der Waals surface area contributed by atoms with E-state index in [2.05, 4.69) is 38.1 Å². The fourth-order valence-corrected chi connectivity index (χ4v) is 1.64.